The van der Waals surface area contributed by atoms with Crippen molar-refractivity contribution in [3.05, 3.63) is 29.8 Å². The highest BCUT2D eigenvalue weighted by molar-refractivity contribution is 7.80. The van der Waals surface area contributed by atoms with E-state index in [0.29, 0.717) is 36.5 Å². The topological polar surface area (TPSA) is 290 Å². The van der Waals surface area contributed by atoms with Gasteiger partial charge in [-0.25, -0.2) is 14.4 Å². The zero-order valence-corrected chi connectivity index (χ0v) is 28.1. The monoisotopic (exact) mass is 724 g/mol. The molecule has 0 fully saturated rings. The molecule has 3 atom stereocenters. The number of unbranched alkanes of at least 4 members (excludes halogenated alkanes) is 3. The minimum atomic E-state index is -1.54. The van der Waals surface area contributed by atoms with Crippen LogP contribution in [0.3, 0.4) is 0 Å². The van der Waals surface area contributed by atoms with Gasteiger partial charge in [0, 0.05) is 43.6 Å². The summed E-state index contributed by atoms with van der Waals surface area (Å²) in [5, 5.41) is 52.1. The number of rotatable bonds is 25. The second-order valence-electron chi connectivity index (χ2n) is 11.1. The first-order valence-corrected chi connectivity index (χ1v) is 16.3. The van der Waals surface area contributed by atoms with Crippen molar-refractivity contribution in [3.8, 4) is 0 Å². The Hall–Kier alpha value is -5.33. The molecular formula is C31H44N6O12S. The van der Waals surface area contributed by atoms with Gasteiger partial charge in [0.15, 0.2) is 5.11 Å². The fraction of sp³-hybridized carbons (Fsp3) is 0.516. The average molecular weight is 725 g/mol. The van der Waals surface area contributed by atoms with Crippen LogP contribution in [0, 0.1) is 0 Å². The number of carbonyl (C=O) groups is 8. The Kier molecular flexibility index (Phi) is 20.4. The third-order valence-electron chi connectivity index (χ3n) is 7.04. The van der Waals surface area contributed by atoms with Crippen LogP contribution in [0.25, 0.3) is 0 Å². The van der Waals surface area contributed by atoms with E-state index in [-0.39, 0.29) is 45.1 Å². The van der Waals surface area contributed by atoms with Gasteiger partial charge in [-0.05, 0) is 81.4 Å². The number of aliphatic carboxylic acids is 4. The molecule has 276 valence electrons. The summed E-state index contributed by atoms with van der Waals surface area (Å²) in [5.74, 6) is -6.34. The Morgan fingerprint density at radius 3 is 1.74 bits per heavy atom. The molecule has 18 nitrogen and oxygen atoms in total. The van der Waals surface area contributed by atoms with Gasteiger partial charge in [0.1, 0.15) is 24.4 Å². The van der Waals surface area contributed by atoms with Gasteiger partial charge in [0.25, 0.3) is 0 Å². The predicted molar refractivity (Wildman–Crippen MR) is 182 cm³/mol. The van der Waals surface area contributed by atoms with Gasteiger partial charge < -0.3 is 52.3 Å². The molecule has 0 radical (unpaired) electrons. The van der Waals surface area contributed by atoms with Gasteiger partial charge in [0.2, 0.25) is 11.8 Å². The van der Waals surface area contributed by atoms with Crippen molar-refractivity contribution >= 4 is 71.0 Å². The number of hydrogen-bond acceptors (Lipinski definition) is 9. The summed E-state index contributed by atoms with van der Waals surface area (Å²) in [6.07, 6.45) is 1.64. The van der Waals surface area contributed by atoms with Crippen LogP contribution in [0.2, 0.25) is 0 Å². The summed E-state index contributed by atoms with van der Waals surface area (Å²) in [6, 6.07) is 1.60. The summed E-state index contributed by atoms with van der Waals surface area (Å²) in [4.78, 5) is 92.7. The zero-order valence-electron chi connectivity index (χ0n) is 27.3. The largest absolute Gasteiger partial charge is 0.481 e. The third-order valence-corrected chi connectivity index (χ3v) is 7.29. The summed E-state index contributed by atoms with van der Waals surface area (Å²) >= 11 is 5.24. The highest BCUT2D eigenvalue weighted by Crippen LogP contribution is 2.09. The lowest BCUT2D eigenvalue weighted by Crippen LogP contribution is -2.51. The molecular weight excluding hydrogens is 680 g/mol. The van der Waals surface area contributed by atoms with Crippen LogP contribution in [0.4, 0.5) is 10.5 Å². The second kappa shape index (κ2) is 23.9. The number of nitrogens with one attached hydrogen (secondary N) is 6. The molecule has 0 saturated heterocycles. The molecule has 1 rings (SSSR count). The Morgan fingerprint density at radius 1 is 0.640 bits per heavy atom. The number of thiocarbonyl (C=S) groups is 1. The molecule has 0 aliphatic heterocycles. The SMILES string of the molecule is O=Cc1ccc(NC(=S)NCCCCCC(=O)N[C@@H](CCC(=O)O)C(=O)NCCCC[C@H](NC(=O)N[C@@H](CCC(=O)O)C(=O)O)C(=O)O)cc1. The molecule has 0 unspecified atom stereocenters. The molecule has 10 N–H and O–H groups in total. The van der Waals surface area contributed by atoms with Crippen LogP contribution in [-0.4, -0.2) is 105 Å². The van der Waals surface area contributed by atoms with Crippen molar-refractivity contribution in [1.29, 1.82) is 0 Å². The molecule has 19 heteroatoms. The smallest absolute Gasteiger partial charge is 0.326 e. The minimum Gasteiger partial charge on any atom is -0.481 e. The van der Waals surface area contributed by atoms with Crippen molar-refractivity contribution < 1.29 is 58.8 Å². The molecule has 4 amide bonds. The van der Waals surface area contributed by atoms with E-state index >= 15 is 0 Å². The van der Waals surface area contributed by atoms with Crippen molar-refractivity contribution in [1.82, 2.24) is 26.6 Å². The van der Waals surface area contributed by atoms with Crippen molar-refractivity contribution in [3.63, 3.8) is 0 Å². The lowest BCUT2D eigenvalue weighted by molar-refractivity contribution is -0.141. The average Bonchev–Trinajstić information content (AvgIpc) is 3.05. The number of carboxylic acids is 4. The Morgan fingerprint density at radius 2 is 1.18 bits per heavy atom. The van der Waals surface area contributed by atoms with E-state index in [1.807, 2.05) is 5.32 Å². The normalized spacial score (nSPS) is 12.2. The highest BCUT2D eigenvalue weighted by atomic mass is 32.1. The summed E-state index contributed by atoms with van der Waals surface area (Å²) in [7, 11) is 0. The van der Waals surface area contributed by atoms with Gasteiger partial charge in [0.05, 0.1) is 0 Å². The molecule has 1 aromatic carbocycles. The Balaban J connectivity index is 2.42. The summed E-state index contributed by atoms with van der Waals surface area (Å²) in [5.41, 5.74) is 1.26. The molecule has 0 heterocycles. The van der Waals surface area contributed by atoms with E-state index in [9.17, 15) is 43.5 Å². The quantitative estimate of drug-likeness (QED) is 0.0383. The fourth-order valence-electron chi connectivity index (χ4n) is 4.36. The zero-order chi connectivity index (χ0) is 37.5. The van der Waals surface area contributed by atoms with E-state index in [4.69, 9.17) is 27.5 Å². The van der Waals surface area contributed by atoms with E-state index in [1.165, 1.54) is 0 Å². The lowest BCUT2D eigenvalue weighted by Gasteiger charge is -2.19. The van der Waals surface area contributed by atoms with Crippen molar-refractivity contribution in [2.45, 2.75) is 88.8 Å². The standard InChI is InChI=1S/C31H44N6O12S/c38-18-19-8-10-20(11-9-19)34-31(50)33-17-4-1-2-7-24(39)35-21(12-14-25(40)41)27(44)32-16-5-3-6-22(28(45)46)36-30(49)37-23(29(47)48)13-15-26(42)43/h8-11,18,21-23H,1-7,12-17H2,(H,32,44)(H,35,39)(H,40,41)(H,42,43)(H,45,46)(H,47,48)(H2,33,34,50)(H2,36,37,49)/t21-,22-,23-/m0/s1. The number of benzene rings is 1. The van der Waals surface area contributed by atoms with Crippen LogP contribution < -0.4 is 31.9 Å². The number of anilines is 1. The number of carboxylic acid groups (broad SMARTS) is 4. The van der Waals surface area contributed by atoms with Gasteiger partial charge in [-0.2, -0.15) is 0 Å². The summed E-state index contributed by atoms with van der Waals surface area (Å²) < 4.78 is 0. The molecule has 50 heavy (non-hydrogen) atoms. The van der Waals surface area contributed by atoms with E-state index in [0.717, 1.165) is 12.0 Å². The molecule has 0 aromatic heterocycles. The molecule has 0 aliphatic carbocycles. The minimum absolute atomic E-state index is 0.0564. The van der Waals surface area contributed by atoms with E-state index < -0.39 is 72.7 Å². The van der Waals surface area contributed by atoms with E-state index in [1.54, 1.807) is 24.3 Å². The third kappa shape index (κ3) is 19.5. The number of amides is 4. The van der Waals surface area contributed by atoms with Crippen LogP contribution in [-0.2, 0) is 28.8 Å². The number of hydrogen-bond donors (Lipinski definition) is 10. The maximum atomic E-state index is 12.7. The van der Waals surface area contributed by atoms with Gasteiger partial charge in [-0.1, -0.05) is 6.42 Å². The maximum Gasteiger partial charge on any atom is 0.326 e. The highest BCUT2D eigenvalue weighted by Gasteiger charge is 2.25. The van der Waals surface area contributed by atoms with Crippen LogP contribution in [0.5, 0.6) is 0 Å². The lowest BCUT2D eigenvalue weighted by atomic mass is 10.1. The second-order valence-corrected chi connectivity index (χ2v) is 11.5. The van der Waals surface area contributed by atoms with Gasteiger partial charge in [-0.3, -0.25) is 24.0 Å². The molecule has 0 saturated carbocycles. The van der Waals surface area contributed by atoms with E-state index in [2.05, 4.69) is 26.6 Å². The Labute approximate surface area is 293 Å². The molecule has 1 aromatic rings. The number of aldehydes is 1. The van der Waals surface area contributed by atoms with Crippen molar-refractivity contribution in [2.75, 3.05) is 18.4 Å². The predicted octanol–water partition coefficient (Wildman–Crippen LogP) is 1.05. The van der Waals surface area contributed by atoms with Crippen LogP contribution in [0.15, 0.2) is 24.3 Å². The first kappa shape index (κ1) is 42.7. The first-order valence-electron chi connectivity index (χ1n) is 15.8. The van der Waals surface area contributed by atoms with Gasteiger partial charge >= 0.3 is 29.9 Å². The van der Waals surface area contributed by atoms with Crippen LogP contribution >= 0.6 is 12.2 Å². The summed E-state index contributed by atoms with van der Waals surface area (Å²) in [6.45, 7) is 0.598. The first-order chi connectivity index (χ1) is 23.7. The van der Waals surface area contributed by atoms with Gasteiger partial charge in [-0.15, -0.1) is 0 Å². The van der Waals surface area contributed by atoms with Crippen LogP contribution in [0.1, 0.15) is 81.0 Å². The Bertz CT molecular complexity index is 1340. The number of carbonyl (C=O) groups excluding carboxylic acids is 4. The fourth-order valence-corrected chi connectivity index (χ4v) is 4.58. The van der Waals surface area contributed by atoms with Crippen molar-refractivity contribution in [2.24, 2.45) is 0 Å². The molecule has 0 aliphatic rings. The maximum absolute atomic E-state index is 12.7. The number of urea groups is 1. The molecule has 0 bridgehead atoms. The molecule has 0 spiro atoms.